The lowest BCUT2D eigenvalue weighted by molar-refractivity contribution is 0.00419. The van der Waals surface area contributed by atoms with Crippen molar-refractivity contribution >= 4 is 28.9 Å². The SMILES string of the molecule is C#CCOCC(O)CN(Cc1cccc(Cl)c1)CC1CC(c2ccc(Cl)cc2)=NO1. The van der Waals surface area contributed by atoms with E-state index in [1.54, 1.807) is 0 Å². The van der Waals surface area contributed by atoms with E-state index in [1.165, 1.54) is 0 Å². The molecule has 0 aromatic heterocycles. The lowest BCUT2D eigenvalue weighted by Gasteiger charge is -2.27. The third-order valence-corrected chi connectivity index (χ3v) is 5.12. The topological polar surface area (TPSA) is 54.3 Å². The molecule has 0 aliphatic carbocycles. The van der Waals surface area contributed by atoms with Gasteiger partial charge in [-0.15, -0.1) is 6.42 Å². The molecule has 1 aliphatic rings. The summed E-state index contributed by atoms with van der Waals surface area (Å²) in [5.41, 5.74) is 2.93. The van der Waals surface area contributed by atoms with Gasteiger partial charge in [-0.2, -0.15) is 0 Å². The van der Waals surface area contributed by atoms with Crippen LogP contribution in [0.2, 0.25) is 10.0 Å². The summed E-state index contributed by atoms with van der Waals surface area (Å²) in [6, 6.07) is 15.2. The van der Waals surface area contributed by atoms with Crippen LogP contribution in [0.4, 0.5) is 0 Å². The van der Waals surface area contributed by atoms with Crippen LogP contribution in [0.1, 0.15) is 17.5 Å². The highest BCUT2D eigenvalue weighted by atomic mass is 35.5. The van der Waals surface area contributed by atoms with E-state index in [9.17, 15) is 5.11 Å². The zero-order valence-corrected chi connectivity index (χ0v) is 18.0. The Kier molecular flexibility index (Phi) is 8.56. The Morgan fingerprint density at radius 3 is 2.77 bits per heavy atom. The maximum absolute atomic E-state index is 10.4. The van der Waals surface area contributed by atoms with Crippen molar-refractivity contribution in [2.45, 2.75) is 25.2 Å². The number of nitrogens with zero attached hydrogens (tertiary/aromatic N) is 2. The van der Waals surface area contributed by atoms with E-state index < -0.39 is 6.10 Å². The number of aliphatic hydroxyl groups excluding tert-OH is 1. The van der Waals surface area contributed by atoms with Crippen LogP contribution in [-0.4, -0.2) is 54.2 Å². The van der Waals surface area contributed by atoms with Gasteiger partial charge < -0.3 is 14.7 Å². The summed E-state index contributed by atoms with van der Waals surface area (Å²) >= 11 is 12.1. The van der Waals surface area contributed by atoms with E-state index in [0.29, 0.717) is 36.1 Å². The molecule has 1 N–H and O–H groups in total. The van der Waals surface area contributed by atoms with Gasteiger partial charge in [-0.1, -0.05) is 58.5 Å². The zero-order valence-electron chi connectivity index (χ0n) is 16.5. The van der Waals surface area contributed by atoms with Gasteiger partial charge in [0.25, 0.3) is 0 Å². The third kappa shape index (κ3) is 7.02. The molecule has 2 atom stereocenters. The monoisotopic (exact) mass is 446 g/mol. The van der Waals surface area contributed by atoms with E-state index in [0.717, 1.165) is 16.8 Å². The van der Waals surface area contributed by atoms with Crippen LogP contribution in [0.3, 0.4) is 0 Å². The van der Waals surface area contributed by atoms with E-state index in [2.05, 4.69) is 16.0 Å². The molecule has 0 bridgehead atoms. The molecule has 30 heavy (non-hydrogen) atoms. The average Bonchev–Trinajstić information content (AvgIpc) is 3.17. The summed E-state index contributed by atoms with van der Waals surface area (Å²) in [6.45, 7) is 1.97. The van der Waals surface area contributed by atoms with Gasteiger partial charge in [-0.3, -0.25) is 4.90 Å². The normalized spacial score (nSPS) is 16.8. The van der Waals surface area contributed by atoms with Gasteiger partial charge in [0.2, 0.25) is 0 Å². The number of benzene rings is 2. The van der Waals surface area contributed by atoms with E-state index in [4.69, 9.17) is 39.2 Å². The van der Waals surface area contributed by atoms with Gasteiger partial charge in [-0.25, -0.2) is 0 Å². The molecule has 0 radical (unpaired) electrons. The number of halogens is 2. The first kappa shape index (κ1) is 22.6. The molecule has 1 heterocycles. The molecule has 2 unspecified atom stereocenters. The molecule has 7 heteroatoms. The first-order chi connectivity index (χ1) is 14.5. The number of rotatable bonds is 10. The Balaban J connectivity index is 1.61. The van der Waals surface area contributed by atoms with Crippen molar-refractivity contribution in [2.24, 2.45) is 5.16 Å². The standard InChI is InChI=1S/C23H24Cl2N2O3/c1-2-10-29-16-21(28)14-27(13-17-4-3-5-20(25)11-17)15-22-12-23(26-30-22)18-6-8-19(24)9-7-18/h1,3-9,11,21-22,28H,10,12-16H2. The second-order valence-corrected chi connectivity index (χ2v) is 8.05. The first-order valence-electron chi connectivity index (χ1n) is 9.68. The lowest BCUT2D eigenvalue weighted by Crippen LogP contribution is -2.39. The third-order valence-electron chi connectivity index (χ3n) is 4.63. The molecule has 0 amide bonds. The molecule has 2 aromatic carbocycles. The quantitative estimate of drug-likeness (QED) is 0.442. The fourth-order valence-corrected chi connectivity index (χ4v) is 3.67. The van der Waals surface area contributed by atoms with Crippen LogP contribution < -0.4 is 0 Å². The summed E-state index contributed by atoms with van der Waals surface area (Å²) in [5, 5.41) is 16.0. The van der Waals surface area contributed by atoms with Crippen molar-refractivity contribution in [3.8, 4) is 12.3 Å². The highest BCUT2D eigenvalue weighted by Gasteiger charge is 2.26. The highest BCUT2D eigenvalue weighted by molar-refractivity contribution is 6.31. The van der Waals surface area contributed by atoms with Crippen LogP contribution in [0.25, 0.3) is 0 Å². The zero-order chi connectivity index (χ0) is 21.3. The molecule has 5 nitrogen and oxygen atoms in total. The van der Waals surface area contributed by atoms with Gasteiger partial charge in [-0.05, 0) is 35.4 Å². The van der Waals surface area contributed by atoms with Crippen molar-refractivity contribution in [3.05, 3.63) is 69.7 Å². The number of oxime groups is 1. The summed E-state index contributed by atoms with van der Waals surface area (Å²) in [4.78, 5) is 7.78. The fraction of sp³-hybridized carbons (Fsp3) is 0.348. The lowest BCUT2D eigenvalue weighted by atomic mass is 10.0. The molecule has 0 saturated carbocycles. The number of hydrogen-bond donors (Lipinski definition) is 1. The maximum atomic E-state index is 10.4. The predicted molar refractivity (Wildman–Crippen MR) is 120 cm³/mol. The van der Waals surface area contributed by atoms with Gasteiger partial charge in [0.15, 0.2) is 0 Å². The van der Waals surface area contributed by atoms with Gasteiger partial charge in [0.05, 0.1) is 18.4 Å². The average molecular weight is 447 g/mol. The Morgan fingerprint density at radius 1 is 1.23 bits per heavy atom. The Morgan fingerprint density at radius 2 is 2.03 bits per heavy atom. The van der Waals surface area contributed by atoms with Crippen molar-refractivity contribution in [3.63, 3.8) is 0 Å². The van der Waals surface area contributed by atoms with Crippen LogP contribution >= 0.6 is 23.2 Å². The Hall–Kier alpha value is -2.07. The summed E-state index contributed by atoms with van der Waals surface area (Å²) < 4.78 is 5.27. The largest absolute Gasteiger partial charge is 0.390 e. The fourth-order valence-electron chi connectivity index (χ4n) is 3.33. The van der Waals surface area contributed by atoms with Gasteiger partial charge in [0, 0.05) is 36.1 Å². The molecule has 0 saturated heterocycles. The summed E-state index contributed by atoms with van der Waals surface area (Å²) in [5.74, 6) is 2.40. The first-order valence-corrected chi connectivity index (χ1v) is 10.4. The van der Waals surface area contributed by atoms with Crippen LogP contribution in [0.15, 0.2) is 53.7 Å². The molecule has 3 rings (SSSR count). The molecule has 158 valence electrons. The summed E-state index contributed by atoms with van der Waals surface area (Å²) in [7, 11) is 0. The minimum Gasteiger partial charge on any atom is -0.390 e. The Bertz CT molecular complexity index is 896. The van der Waals surface area contributed by atoms with E-state index in [-0.39, 0.29) is 19.3 Å². The van der Waals surface area contributed by atoms with Gasteiger partial charge >= 0.3 is 0 Å². The van der Waals surface area contributed by atoms with Crippen molar-refractivity contribution in [1.82, 2.24) is 4.90 Å². The highest BCUT2D eigenvalue weighted by Crippen LogP contribution is 2.21. The second-order valence-electron chi connectivity index (χ2n) is 7.17. The van der Waals surface area contributed by atoms with Crippen molar-refractivity contribution in [2.75, 3.05) is 26.3 Å². The van der Waals surface area contributed by atoms with Crippen LogP contribution in [0, 0.1) is 12.3 Å². The van der Waals surface area contributed by atoms with E-state index in [1.807, 2.05) is 48.5 Å². The molecular weight excluding hydrogens is 423 g/mol. The molecule has 0 fully saturated rings. The van der Waals surface area contributed by atoms with Gasteiger partial charge in [0.1, 0.15) is 12.7 Å². The predicted octanol–water partition coefficient (Wildman–Crippen LogP) is 4.00. The smallest absolute Gasteiger partial charge is 0.145 e. The minimum absolute atomic E-state index is 0.117. The van der Waals surface area contributed by atoms with Crippen LogP contribution in [0.5, 0.6) is 0 Å². The van der Waals surface area contributed by atoms with Crippen molar-refractivity contribution in [1.29, 1.82) is 0 Å². The Labute approximate surface area is 187 Å². The molecule has 2 aromatic rings. The molecular formula is C23H24Cl2N2O3. The summed E-state index contributed by atoms with van der Waals surface area (Å²) in [6.07, 6.45) is 5.08. The number of terminal acetylenes is 1. The van der Waals surface area contributed by atoms with Crippen LogP contribution in [-0.2, 0) is 16.1 Å². The number of aliphatic hydroxyl groups is 1. The van der Waals surface area contributed by atoms with Crippen molar-refractivity contribution < 1.29 is 14.7 Å². The minimum atomic E-state index is -0.671. The molecule has 1 aliphatic heterocycles. The second kappa shape index (κ2) is 11.4. The van der Waals surface area contributed by atoms with E-state index >= 15 is 0 Å². The molecule has 0 spiro atoms. The maximum Gasteiger partial charge on any atom is 0.145 e. The number of ether oxygens (including phenoxy) is 1. The number of hydrogen-bond acceptors (Lipinski definition) is 5.